The summed E-state index contributed by atoms with van der Waals surface area (Å²) in [6.07, 6.45) is 13.5. The molecule has 0 bridgehead atoms. The fourth-order valence-electron chi connectivity index (χ4n) is 4.75. The summed E-state index contributed by atoms with van der Waals surface area (Å²) in [7, 11) is 0. The Morgan fingerprint density at radius 1 is 1.23 bits per heavy atom. The molecule has 6 heteroatoms. The number of nitrogens with zero attached hydrogens (tertiary/aromatic N) is 3. The smallest absolute Gasteiger partial charge is 0.220 e. The highest BCUT2D eigenvalue weighted by Gasteiger charge is 2.28. The molecule has 0 saturated heterocycles. The molecule has 1 fully saturated rings. The molecule has 6 nitrogen and oxygen atoms in total. The number of carbonyl (C=O) groups excluding carboxylic acids is 1. The van der Waals surface area contributed by atoms with Crippen molar-refractivity contribution in [3.05, 3.63) is 41.6 Å². The molecule has 0 unspecified atom stereocenters. The molecule has 4 rings (SSSR count). The van der Waals surface area contributed by atoms with Crippen molar-refractivity contribution in [3.8, 4) is 11.3 Å². The van der Waals surface area contributed by atoms with Crippen LogP contribution in [0.3, 0.4) is 0 Å². The van der Waals surface area contributed by atoms with Crippen molar-refractivity contribution in [2.75, 3.05) is 6.54 Å². The van der Waals surface area contributed by atoms with Crippen LogP contribution in [0, 0.1) is 18.8 Å². The Balaban J connectivity index is 1.38. The van der Waals surface area contributed by atoms with Crippen LogP contribution < -0.4 is 5.32 Å². The van der Waals surface area contributed by atoms with Gasteiger partial charge >= 0.3 is 0 Å². The van der Waals surface area contributed by atoms with E-state index < -0.39 is 0 Å². The molecule has 1 N–H and O–H groups in total. The monoisotopic (exact) mass is 422 g/mol. The van der Waals surface area contributed by atoms with Crippen molar-refractivity contribution in [1.82, 2.24) is 20.4 Å². The maximum absolute atomic E-state index is 12.3. The van der Waals surface area contributed by atoms with Crippen LogP contribution in [0.15, 0.2) is 28.9 Å². The highest BCUT2D eigenvalue weighted by atomic mass is 16.5. The van der Waals surface area contributed by atoms with E-state index in [0.29, 0.717) is 24.2 Å². The zero-order valence-electron chi connectivity index (χ0n) is 18.9. The number of carbonyl (C=O) groups is 1. The van der Waals surface area contributed by atoms with Gasteiger partial charge < -0.3 is 9.84 Å². The van der Waals surface area contributed by atoms with E-state index in [0.717, 1.165) is 73.6 Å². The second-order valence-corrected chi connectivity index (χ2v) is 9.51. The van der Waals surface area contributed by atoms with Crippen LogP contribution in [0.25, 0.3) is 11.3 Å². The number of allylic oxidation sites excluding steroid dienone is 2. The molecule has 0 aliphatic heterocycles. The molecular formula is C25H34N4O2. The van der Waals surface area contributed by atoms with Crippen LogP contribution in [-0.2, 0) is 4.79 Å². The lowest BCUT2D eigenvalue weighted by Gasteiger charge is -2.29. The van der Waals surface area contributed by atoms with E-state index in [-0.39, 0.29) is 11.8 Å². The first-order valence-electron chi connectivity index (χ1n) is 11.7. The lowest BCUT2D eigenvalue weighted by Crippen LogP contribution is -2.32. The van der Waals surface area contributed by atoms with E-state index in [4.69, 9.17) is 9.51 Å². The second kappa shape index (κ2) is 9.75. The van der Waals surface area contributed by atoms with Gasteiger partial charge in [0.2, 0.25) is 5.91 Å². The number of hydrogen-bond acceptors (Lipinski definition) is 5. The molecule has 2 aliphatic carbocycles. The molecule has 0 spiro atoms. The number of rotatable bonds is 7. The van der Waals surface area contributed by atoms with Gasteiger partial charge in [-0.05, 0) is 57.3 Å². The summed E-state index contributed by atoms with van der Waals surface area (Å²) in [5.41, 5.74) is 2.91. The first-order valence-corrected chi connectivity index (χ1v) is 11.7. The first kappa shape index (κ1) is 21.7. The minimum Gasteiger partial charge on any atom is -0.356 e. The van der Waals surface area contributed by atoms with Crippen LogP contribution in [0.5, 0.6) is 0 Å². The summed E-state index contributed by atoms with van der Waals surface area (Å²) in [4.78, 5) is 21.8. The zero-order chi connectivity index (χ0) is 21.8. The lowest BCUT2D eigenvalue weighted by atomic mass is 9.79. The molecule has 1 amide bonds. The van der Waals surface area contributed by atoms with Gasteiger partial charge in [0, 0.05) is 37.1 Å². The lowest BCUT2D eigenvalue weighted by molar-refractivity contribution is -0.121. The number of hydrogen-bond donors (Lipinski definition) is 1. The minimum absolute atomic E-state index is 0.194. The average Bonchev–Trinajstić information content (AvgIpc) is 3.44. The molecule has 0 aromatic carbocycles. The molecule has 2 aromatic rings. The molecule has 166 valence electrons. The third-order valence-corrected chi connectivity index (χ3v) is 6.63. The minimum atomic E-state index is 0.194. The predicted molar refractivity (Wildman–Crippen MR) is 121 cm³/mol. The van der Waals surface area contributed by atoms with Crippen LogP contribution >= 0.6 is 0 Å². The molecule has 1 saturated carbocycles. The summed E-state index contributed by atoms with van der Waals surface area (Å²) >= 11 is 0. The van der Waals surface area contributed by atoms with Gasteiger partial charge in [-0.3, -0.25) is 4.79 Å². The SMILES string of the molecule is Cc1cc(-c2cnc(C(C)C)nc2C2CCC(CNC(=O)C[C@@H]3C=CCC3)CC2)on1. The van der Waals surface area contributed by atoms with Crippen molar-refractivity contribution in [2.45, 2.75) is 77.6 Å². The van der Waals surface area contributed by atoms with E-state index in [1.54, 1.807) is 0 Å². The summed E-state index contributed by atoms with van der Waals surface area (Å²) in [5.74, 6) is 3.47. The average molecular weight is 423 g/mol. The van der Waals surface area contributed by atoms with Gasteiger partial charge in [0.25, 0.3) is 0 Å². The predicted octanol–water partition coefficient (Wildman–Crippen LogP) is 5.31. The Kier molecular flexibility index (Phi) is 6.83. The first-order chi connectivity index (χ1) is 15.0. The topological polar surface area (TPSA) is 80.9 Å². The quantitative estimate of drug-likeness (QED) is 0.612. The summed E-state index contributed by atoms with van der Waals surface area (Å²) in [6, 6.07) is 1.96. The van der Waals surface area contributed by atoms with Crippen molar-refractivity contribution in [3.63, 3.8) is 0 Å². The highest BCUT2D eigenvalue weighted by molar-refractivity contribution is 5.76. The standard InChI is InChI=1S/C25H34N4O2/c1-16(2)25-27-15-21(22-12-17(3)29-31-22)24(28-25)20-10-8-19(9-11-20)14-26-23(30)13-18-6-4-5-7-18/h4,6,12,15-16,18-20H,5,7-11,13-14H2,1-3H3,(H,26,30)/t18-,19?,20?/m1/s1. The largest absolute Gasteiger partial charge is 0.356 e. The molecule has 2 aliphatic rings. The normalized spacial score (nSPS) is 23.4. The Morgan fingerprint density at radius 2 is 2.03 bits per heavy atom. The van der Waals surface area contributed by atoms with Gasteiger partial charge in [0.1, 0.15) is 5.82 Å². The van der Waals surface area contributed by atoms with E-state index in [2.05, 4.69) is 41.5 Å². The Hall–Kier alpha value is -2.50. The van der Waals surface area contributed by atoms with E-state index in [1.165, 1.54) is 0 Å². The third kappa shape index (κ3) is 5.41. The van der Waals surface area contributed by atoms with Crippen LogP contribution in [-0.4, -0.2) is 27.6 Å². The van der Waals surface area contributed by atoms with E-state index >= 15 is 0 Å². The maximum atomic E-state index is 12.3. The highest BCUT2D eigenvalue weighted by Crippen LogP contribution is 2.39. The Morgan fingerprint density at radius 3 is 2.68 bits per heavy atom. The second-order valence-electron chi connectivity index (χ2n) is 9.51. The van der Waals surface area contributed by atoms with E-state index in [9.17, 15) is 4.79 Å². The maximum Gasteiger partial charge on any atom is 0.220 e. The van der Waals surface area contributed by atoms with Gasteiger partial charge in [-0.1, -0.05) is 31.2 Å². The molecule has 2 aromatic heterocycles. The van der Waals surface area contributed by atoms with Gasteiger partial charge in [0.05, 0.1) is 17.0 Å². The number of nitrogens with one attached hydrogen (secondary N) is 1. The summed E-state index contributed by atoms with van der Waals surface area (Å²) in [6.45, 7) is 6.96. The molecular weight excluding hydrogens is 388 g/mol. The summed E-state index contributed by atoms with van der Waals surface area (Å²) in [5, 5.41) is 7.23. The fourth-order valence-corrected chi connectivity index (χ4v) is 4.75. The number of amides is 1. The van der Waals surface area contributed by atoms with Crippen molar-refractivity contribution in [1.29, 1.82) is 0 Å². The molecule has 0 radical (unpaired) electrons. The Bertz CT molecular complexity index is 925. The Labute approximate surface area is 184 Å². The van der Waals surface area contributed by atoms with Crippen LogP contribution in [0.1, 0.15) is 87.8 Å². The molecule has 2 heterocycles. The fraction of sp³-hybridized carbons (Fsp3) is 0.600. The van der Waals surface area contributed by atoms with Crippen molar-refractivity contribution in [2.24, 2.45) is 11.8 Å². The van der Waals surface area contributed by atoms with Gasteiger partial charge in [-0.15, -0.1) is 0 Å². The van der Waals surface area contributed by atoms with Gasteiger partial charge in [-0.25, -0.2) is 9.97 Å². The van der Waals surface area contributed by atoms with Crippen LogP contribution in [0.2, 0.25) is 0 Å². The van der Waals surface area contributed by atoms with Crippen LogP contribution in [0.4, 0.5) is 0 Å². The van der Waals surface area contributed by atoms with Crippen molar-refractivity contribution >= 4 is 5.91 Å². The van der Waals surface area contributed by atoms with Gasteiger partial charge in [0.15, 0.2) is 5.76 Å². The van der Waals surface area contributed by atoms with E-state index in [1.807, 2.05) is 19.2 Å². The van der Waals surface area contributed by atoms with Gasteiger partial charge in [-0.2, -0.15) is 0 Å². The number of aryl methyl sites for hydroxylation is 1. The molecule has 31 heavy (non-hydrogen) atoms. The van der Waals surface area contributed by atoms with Crippen molar-refractivity contribution < 1.29 is 9.32 Å². The number of aromatic nitrogens is 3. The third-order valence-electron chi connectivity index (χ3n) is 6.63. The zero-order valence-corrected chi connectivity index (χ0v) is 18.9. The summed E-state index contributed by atoms with van der Waals surface area (Å²) < 4.78 is 5.54. The molecule has 1 atom stereocenters.